The maximum Gasteiger partial charge on any atom is 1.00 e. The molecule has 0 fully saturated rings. The molecule has 234 valence electrons. The molecule has 11 nitrogen and oxygen atoms in total. The molecule has 1 N–H and O–H groups in total. The molecule has 40 heavy (non-hydrogen) atoms. The molecular weight excluding hydrogens is 574 g/mol. The number of unbranched alkanes of at least 4 members (excludes halogenated alkanes) is 15. The van der Waals surface area contributed by atoms with Crippen molar-refractivity contribution in [2.45, 2.75) is 136 Å². The van der Waals surface area contributed by atoms with Crippen LogP contribution in [0.15, 0.2) is 0 Å². The van der Waals surface area contributed by atoms with E-state index < -0.39 is 30.9 Å². The third-order valence-corrected chi connectivity index (χ3v) is 6.92. The molecular formula is C24H52Li2O11S3. The second-order valence-electron chi connectivity index (χ2n) is 9.05. The van der Waals surface area contributed by atoms with E-state index in [4.69, 9.17) is 4.55 Å². The fraction of sp³-hybridized carbons (Fsp3) is 1.00. The van der Waals surface area contributed by atoms with E-state index in [1.807, 2.05) is 0 Å². The van der Waals surface area contributed by atoms with Crippen LogP contribution in [-0.4, -0.2) is 57.9 Å². The first-order valence-corrected chi connectivity index (χ1v) is 18.1. The van der Waals surface area contributed by atoms with Crippen molar-refractivity contribution in [3.8, 4) is 0 Å². The van der Waals surface area contributed by atoms with Crippen molar-refractivity contribution in [2.24, 2.45) is 0 Å². The predicted octanol–water partition coefficient (Wildman–Crippen LogP) is -0.110. The Bertz CT molecular complexity index is 762. The zero-order valence-corrected chi connectivity index (χ0v) is 28.1. The first kappa shape index (κ1) is 50.5. The largest absolute Gasteiger partial charge is 1.00 e. The summed E-state index contributed by atoms with van der Waals surface area (Å²) in [6.45, 7) is 6.45. The van der Waals surface area contributed by atoms with Gasteiger partial charge in [-0.1, -0.05) is 117 Å². The number of hydrogen-bond donors (Lipinski definition) is 1. The van der Waals surface area contributed by atoms with Crippen molar-refractivity contribution in [3.63, 3.8) is 0 Å². The summed E-state index contributed by atoms with van der Waals surface area (Å²) in [5.41, 5.74) is 0. The van der Waals surface area contributed by atoms with E-state index in [1.54, 1.807) is 0 Å². The van der Waals surface area contributed by atoms with Crippen LogP contribution in [0.1, 0.15) is 136 Å². The molecule has 0 aromatic carbocycles. The van der Waals surface area contributed by atoms with Crippen molar-refractivity contribution < 1.29 is 85.0 Å². The fourth-order valence-electron chi connectivity index (χ4n) is 3.15. The average Bonchev–Trinajstić information content (AvgIpc) is 2.79. The van der Waals surface area contributed by atoms with Gasteiger partial charge in [-0.05, 0) is 19.3 Å². The van der Waals surface area contributed by atoms with Gasteiger partial charge in [0.1, 0.15) is 0 Å². The Hall–Kier alpha value is 0.845. The van der Waals surface area contributed by atoms with E-state index in [9.17, 15) is 34.4 Å². The monoisotopic (exact) mass is 626 g/mol. The fourth-order valence-corrected chi connectivity index (χ4v) is 4.36. The van der Waals surface area contributed by atoms with Crippen LogP contribution in [0, 0.1) is 0 Å². The van der Waals surface area contributed by atoms with E-state index >= 15 is 0 Å². The Labute approximate surface area is 269 Å². The van der Waals surface area contributed by atoms with Gasteiger partial charge in [-0.2, -0.15) is 8.42 Å². The second-order valence-corrected chi connectivity index (χ2v) is 12.7. The molecule has 0 saturated carbocycles. The van der Waals surface area contributed by atoms with Crippen LogP contribution >= 0.6 is 0 Å². The van der Waals surface area contributed by atoms with E-state index in [0.717, 1.165) is 38.5 Å². The topological polar surface area (TPSA) is 187 Å². The summed E-state index contributed by atoms with van der Waals surface area (Å²) in [7, 11) is -12.7. The van der Waals surface area contributed by atoms with Crippen LogP contribution in [0.2, 0.25) is 0 Å². The quantitative estimate of drug-likeness (QED) is 0.0690. The third kappa shape index (κ3) is 62.5. The van der Waals surface area contributed by atoms with Crippen molar-refractivity contribution in [3.05, 3.63) is 0 Å². The SMILES string of the molecule is CCCCCCCCOS(=O)(=O)[O-].CCCCCCCCOS(=O)(=O)[O-].CCCCCCCCS(=O)(=O)O.[Li+].[Li+]. The van der Waals surface area contributed by atoms with Crippen LogP contribution in [-0.2, 0) is 39.3 Å². The summed E-state index contributed by atoms with van der Waals surface area (Å²) in [5.74, 6) is -0.0842. The first-order valence-electron chi connectivity index (χ1n) is 13.8. The minimum absolute atomic E-state index is 0. The van der Waals surface area contributed by atoms with Crippen LogP contribution < -0.4 is 37.7 Å². The molecule has 0 radical (unpaired) electrons. The van der Waals surface area contributed by atoms with Crippen molar-refractivity contribution >= 4 is 30.9 Å². The predicted molar refractivity (Wildman–Crippen MR) is 148 cm³/mol. The third-order valence-electron chi connectivity index (χ3n) is 5.21. The Morgan fingerprint density at radius 1 is 0.475 bits per heavy atom. The van der Waals surface area contributed by atoms with Gasteiger partial charge in [0, 0.05) is 0 Å². The molecule has 0 aliphatic rings. The molecule has 0 rings (SSSR count). The zero-order valence-electron chi connectivity index (χ0n) is 25.6. The maximum atomic E-state index is 10.3. The van der Waals surface area contributed by atoms with Crippen LogP contribution in [0.3, 0.4) is 0 Å². The summed E-state index contributed by atoms with van der Waals surface area (Å²) >= 11 is 0. The number of rotatable bonds is 23. The summed E-state index contributed by atoms with van der Waals surface area (Å²) in [6.07, 6.45) is 18.6. The minimum atomic E-state index is -4.47. The average molecular weight is 627 g/mol. The normalized spacial score (nSPS) is 11.2. The van der Waals surface area contributed by atoms with Crippen LogP contribution in [0.4, 0.5) is 0 Å². The van der Waals surface area contributed by atoms with E-state index in [2.05, 4.69) is 29.1 Å². The molecule has 0 bridgehead atoms. The van der Waals surface area contributed by atoms with E-state index in [0.29, 0.717) is 19.3 Å². The van der Waals surface area contributed by atoms with Crippen LogP contribution in [0.5, 0.6) is 0 Å². The van der Waals surface area contributed by atoms with Gasteiger partial charge in [0.2, 0.25) is 20.8 Å². The van der Waals surface area contributed by atoms with Gasteiger partial charge in [0.25, 0.3) is 10.1 Å². The molecule has 0 saturated heterocycles. The van der Waals surface area contributed by atoms with Crippen molar-refractivity contribution in [2.75, 3.05) is 19.0 Å². The molecule has 0 aromatic rings. The number of hydrogen-bond acceptors (Lipinski definition) is 10. The van der Waals surface area contributed by atoms with Gasteiger partial charge in [-0.15, -0.1) is 0 Å². The molecule has 0 heterocycles. The Balaban J connectivity index is -0.000000150. The minimum Gasteiger partial charge on any atom is -0.726 e. The van der Waals surface area contributed by atoms with Crippen molar-refractivity contribution in [1.29, 1.82) is 0 Å². The van der Waals surface area contributed by atoms with Gasteiger partial charge >= 0.3 is 37.7 Å². The van der Waals surface area contributed by atoms with Gasteiger partial charge in [0.15, 0.2) is 0 Å². The molecule has 0 aliphatic carbocycles. The second kappa shape index (κ2) is 34.3. The Morgan fingerprint density at radius 3 is 0.975 bits per heavy atom. The molecule has 0 spiro atoms. The maximum absolute atomic E-state index is 10.3. The molecule has 0 atom stereocenters. The Kier molecular flexibility index (Phi) is 43.3. The van der Waals surface area contributed by atoms with Gasteiger partial charge in [-0.3, -0.25) is 12.9 Å². The zero-order chi connectivity index (χ0) is 29.8. The van der Waals surface area contributed by atoms with Gasteiger partial charge in [0.05, 0.1) is 19.0 Å². The standard InChI is InChI=1S/2C8H18O4S.C8H18O3S.2Li/c2*1-2-3-4-5-6-7-8-12-13(9,10)11;1-2-3-4-5-6-7-8-12(9,10)11;;/h2*2-8H2,1H3,(H,9,10,11);2-8H2,1H3,(H,9,10,11);;/q;;;2*+1/p-2. The van der Waals surface area contributed by atoms with Crippen LogP contribution in [0.25, 0.3) is 0 Å². The molecule has 0 unspecified atom stereocenters. The summed E-state index contributed by atoms with van der Waals surface area (Å²) in [4.78, 5) is 0. The molecule has 0 amide bonds. The first-order chi connectivity index (χ1) is 17.7. The summed E-state index contributed by atoms with van der Waals surface area (Å²) in [5, 5.41) is 0. The van der Waals surface area contributed by atoms with E-state index in [1.165, 1.54) is 57.8 Å². The van der Waals surface area contributed by atoms with Gasteiger partial charge < -0.3 is 9.11 Å². The smallest absolute Gasteiger partial charge is 0.726 e. The Morgan fingerprint density at radius 2 is 0.725 bits per heavy atom. The van der Waals surface area contributed by atoms with Crippen molar-refractivity contribution in [1.82, 2.24) is 0 Å². The summed E-state index contributed by atoms with van der Waals surface area (Å²) in [6, 6.07) is 0. The molecule has 0 aromatic heterocycles. The summed E-state index contributed by atoms with van der Waals surface area (Å²) < 4.78 is 97.0. The van der Waals surface area contributed by atoms with E-state index in [-0.39, 0.29) is 56.7 Å². The molecule has 16 heteroatoms. The molecule has 0 aliphatic heterocycles. The van der Waals surface area contributed by atoms with Gasteiger partial charge in [-0.25, -0.2) is 16.8 Å².